The summed E-state index contributed by atoms with van der Waals surface area (Å²) in [4.78, 5) is 73.1. The third-order valence-corrected chi connectivity index (χ3v) is 9.12. The number of fused-ring (bicyclic) bond motifs is 1. The van der Waals surface area contributed by atoms with Crippen LogP contribution in [0.2, 0.25) is 0 Å². The number of amides is 2. The maximum absolute atomic E-state index is 12.9. The third kappa shape index (κ3) is 7.41. The zero-order chi connectivity index (χ0) is 32.8. The van der Waals surface area contributed by atoms with Crippen LogP contribution in [-0.4, -0.2) is 99.5 Å². The van der Waals surface area contributed by atoms with Crippen LogP contribution in [0.3, 0.4) is 0 Å². The van der Waals surface area contributed by atoms with E-state index in [0.717, 1.165) is 28.0 Å². The number of carboxylic acid groups (broad SMARTS) is 2. The number of aliphatic carboxylic acids is 1. The number of hydrogen-bond acceptors (Lipinski definition) is 15. The number of aromatic nitrogens is 4. The van der Waals surface area contributed by atoms with Crippen molar-refractivity contribution in [3.8, 4) is 5.88 Å². The molecule has 17 nitrogen and oxygen atoms in total. The molecule has 0 spiro atoms. The predicted molar refractivity (Wildman–Crippen MR) is 163 cm³/mol. The van der Waals surface area contributed by atoms with Crippen molar-refractivity contribution in [2.24, 2.45) is 12.2 Å². The number of thioether (sulfide) groups is 2. The van der Waals surface area contributed by atoms with Gasteiger partial charge in [0.15, 0.2) is 16.0 Å². The van der Waals surface area contributed by atoms with E-state index in [0.29, 0.717) is 11.1 Å². The number of benzene rings is 1. The molecule has 1 aromatic carbocycles. The summed E-state index contributed by atoms with van der Waals surface area (Å²) < 4.78 is 1.19. The second kappa shape index (κ2) is 14.2. The number of thiazole rings is 1. The average Bonchev–Trinajstić information content (AvgIpc) is 3.45. The summed E-state index contributed by atoms with van der Waals surface area (Å²) in [6.07, 6.45) is 0. The van der Waals surface area contributed by atoms with Gasteiger partial charge >= 0.3 is 17.5 Å². The molecule has 6 N–H and O–H groups in total. The van der Waals surface area contributed by atoms with E-state index in [4.69, 9.17) is 15.7 Å². The van der Waals surface area contributed by atoms with Crippen LogP contribution < -0.4 is 16.6 Å². The molecule has 2 aliphatic rings. The van der Waals surface area contributed by atoms with Crippen molar-refractivity contribution >= 4 is 69.5 Å². The van der Waals surface area contributed by atoms with Crippen molar-refractivity contribution in [2.75, 3.05) is 24.3 Å². The van der Waals surface area contributed by atoms with Crippen LogP contribution in [0.1, 0.15) is 16.1 Å². The number of oxime groups is 1. The zero-order valence-corrected chi connectivity index (χ0v) is 25.8. The summed E-state index contributed by atoms with van der Waals surface area (Å²) in [6.45, 7) is 0. The molecule has 2 aromatic heterocycles. The quantitative estimate of drug-likeness (QED) is 0.0877. The minimum absolute atomic E-state index is 0.102. The van der Waals surface area contributed by atoms with Crippen molar-refractivity contribution in [3.05, 3.63) is 68.6 Å². The van der Waals surface area contributed by atoms with E-state index in [9.17, 15) is 34.2 Å². The number of carboxylic acids is 2. The van der Waals surface area contributed by atoms with E-state index >= 15 is 0 Å². The van der Waals surface area contributed by atoms with Crippen LogP contribution in [-0.2, 0) is 26.3 Å². The van der Waals surface area contributed by atoms with Crippen LogP contribution in [0, 0.1) is 0 Å². The number of anilines is 1. The van der Waals surface area contributed by atoms with Gasteiger partial charge in [-0.3, -0.25) is 19.3 Å². The average molecular weight is 677 g/mol. The summed E-state index contributed by atoms with van der Waals surface area (Å²) in [5.74, 6) is -3.92. The van der Waals surface area contributed by atoms with E-state index in [1.165, 1.54) is 36.0 Å². The molecule has 236 valence electrons. The highest BCUT2D eigenvalue weighted by Gasteiger charge is 2.54. The van der Waals surface area contributed by atoms with E-state index in [-0.39, 0.29) is 38.9 Å². The largest absolute Gasteiger partial charge is 0.488 e. The van der Waals surface area contributed by atoms with Crippen LogP contribution in [0.25, 0.3) is 0 Å². The molecular weight excluding hydrogens is 653 g/mol. The standard InChI is InChI=1S/C18H18N8O7S3.C7H6O2/c1-25-18(22-12(28)13(29)23-25)36-4-6-3-34-15-9(14(30)26(15)10(6)16(31)32)21-11(27)8(24-33-2)7-5-35-17(19)20-7;8-7(9)6-4-2-1-3-5-6/h5,9,15H,3-4H2,1-2H3,(H2,19,20)(H,21,27)(H,23,29)(H,31,32);1-5H,(H,8,9)/b24-8-;/t9-,15-;/m1./s1. The van der Waals surface area contributed by atoms with E-state index < -0.39 is 46.6 Å². The van der Waals surface area contributed by atoms with Gasteiger partial charge in [0.05, 0.1) is 5.56 Å². The Morgan fingerprint density at radius 2 is 1.89 bits per heavy atom. The fourth-order valence-corrected chi connectivity index (χ4v) is 6.93. The summed E-state index contributed by atoms with van der Waals surface area (Å²) in [5, 5.41) is 38.7. The number of β-lactam (4-membered cyclic amide) rings is 1. The molecule has 0 aliphatic carbocycles. The van der Waals surface area contributed by atoms with E-state index in [2.05, 4.69) is 25.5 Å². The lowest BCUT2D eigenvalue weighted by Gasteiger charge is -2.49. The number of carbonyl (C=O) groups is 4. The fourth-order valence-electron chi connectivity index (χ4n) is 3.99. The van der Waals surface area contributed by atoms with E-state index in [1.54, 1.807) is 30.3 Å². The molecule has 3 aromatic rings. The summed E-state index contributed by atoms with van der Waals surface area (Å²) in [7, 11) is 2.72. The molecule has 45 heavy (non-hydrogen) atoms. The molecule has 2 atom stereocenters. The van der Waals surface area contributed by atoms with Crippen LogP contribution >= 0.6 is 34.9 Å². The fraction of sp³-hybridized carbons (Fsp3) is 0.240. The summed E-state index contributed by atoms with van der Waals surface area (Å²) in [5.41, 5.74) is 5.27. The van der Waals surface area contributed by atoms with Gasteiger partial charge in [-0.2, -0.15) is 4.98 Å². The van der Waals surface area contributed by atoms with Gasteiger partial charge in [0.25, 0.3) is 17.7 Å². The van der Waals surface area contributed by atoms with Crippen LogP contribution in [0.15, 0.2) is 62.1 Å². The molecule has 1 saturated heterocycles. The van der Waals surface area contributed by atoms with Gasteiger partial charge in [-0.05, 0) is 17.7 Å². The first-order chi connectivity index (χ1) is 21.4. The molecule has 20 heteroatoms. The minimum atomic E-state index is -1.31. The van der Waals surface area contributed by atoms with E-state index in [1.807, 2.05) is 0 Å². The SMILES string of the molecule is CO/N=C(\C(=O)N[C@@H]1C(=O)N2C(C(=O)O)=C(CSc3nc(=O)c(O)nn3C)CS[C@H]12)c1csc(N)n1.O=C(O)c1ccccc1. The first kappa shape index (κ1) is 33.0. The van der Waals surface area contributed by atoms with Gasteiger partial charge in [0.2, 0.25) is 0 Å². The lowest BCUT2D eigenvalue weighted by molar-refractivity contribution is -0.150. The first-order valence-corrected chi connectivity index (χ1v) is 15.4. The normalized spacial score (nSPS) is 17.4. The molecule has 1 fully saturated rings. The third-order valence-electron chi connectivity index (χ3n) is 6.00. The number of hydrogen-bond donors (Lipinski definition) is 5. The predicted octanol–water partition coefficient (Wildman–Crippen LogP) is 0.186. The van der Waals surface area contributed by atoms with Crippen molar-refractivity contribution < 1.29 is 39.3 Å². The van der Waals surface area contributed by atoms with Crippen LogP contribution in [0.4, 0.5) is 5.13 Å². The number of aryl methyl sites for hydroxylation is 1. The lowest BCUT2D eigenvalue weighted by atomic mass is 10.0. The zero-order valence-electron chi connectivity index (χ0n) is 23.3. The molecule has 0 unspecified atom stereocenters. The van der Waals surface area contributed by atoms with Gasteiger partial charge in [0, 0.05) is 23.9 Å². The highest BCUT2D eigenvalue weighted by atomic mass is 32.2. The summed E-state index contributed by atoms with van der Waals surface area (Å²) in [6, 6.07) is 7.30. The van der Waals surface area contributed by atoms with Crippen molar-refractivity contribution in [1.29, 1.82) is 0 Å². The second-order valence-corrected chi connectivity index (χ2v) is 11.9. The number of carbonyl (C=O) groups excluding carboxylic acids is 2. The summed E-state index contributed by atoms with van der Waals surface area (Å²) >= 11 is 3.41. The highest BCUT2D eigenvalue weighted by molar-refractivity contribution is 8.01. The van der Waals surface area contributed by atoms with Gasteiger partial charge in [-0.15, -0.1) is 28.2 Å². The number of aromatic carboxylic acids is 1. The van der Waals surface area contributed by atoms with Crippen molar-refractivity contribution in [3.63, 3.8) is 0 Å². The number of aromatic hydroxyl groups is 1. The van der Waals surface area contributed by atoms with Crippen molar-refractivity contribution in [1.82, 2.24) is 30.0 Å². The van der Waals surface area contributed by atoms with Crippen LogP contribution in [0.5, 0.6) is 5.88 Å². The number of nitrogen functional groups attached to an aromatic ring is 1. The second-order valence-electron chi connectivity index (χ2n) is 8.92. The lowest BCUT2D eigenvalue weighted by Crippen LogP contribution is -2.71. The Morgan fingerprint density at radius 1 is 1.18 bits per heavy atom. The Bertz CT molecular complexity index is 1760. The number of rotatable bonds is 9. The molecule has 0 bridgehead atoms. The molecule has 2 amide bonds. The Balaban J connectivity index is 0.000000440. The van der Waals surface area contributed by atoms with Gasteiger partial charge in [-0.1, -0.05) is 35.1 Å². The van der Waals surface area contributed by atoms with Crippen molar-refractivity contribution in [2.45, 2.75) is 16.6 Å². The van der Waals surface area contributed by atoms with Gasteiger partial charge < -0.3 is 31.2 Å². The highest BCUT2D eigenvalue weighted by Crippen LogP contribution is 2.41. The van der Waals surface area contributed by atoms with Gasteiger partial charge in [0.1, 0.15) is 29.9 Å². The number of nitrogens with one attached hydrogen (secondary N) is 1. The minimum Gasteiger partial charge on any atom is -0.488 e. The maximum Gasteiger partial charge on any atom is 0.352 e. The van der Waals surface area contributed by atoms with Gasteiger partial charge in [-0.25, -0.2) is 19.3 Å². The first-order valence-electron chi connectivity index (χ1n) is 12.5. The number of nitrogens with two attached hydrogens (primary N) is 1. The monoisotopic (exact) mass is 676 g/mol. The smallest absolute Gasteiger partial charge is 0.352 e. The Labute approximate surface area is 265 Å². The molecular formula is C25H24N8O9S3. The molecule has 5 rings (SSSR count). The maximum atomic E-state index is 12.9. The molecule has 0 saturated carbocycles. The molecule has 4 heterocycles. The molecule has 0 radical (unpaired) electrons. The number of nitrogens with zero attached hydrogens (tertiary/aromatic N) is 6. The molecule has 2 aliphatic heterocycles. The Morgan fingerprint density at radius 3 is 2.47 bits per heavy atom. The Kier molecular flexibility index (Phi) is 10.4. The Hall–Kier alpha value is -4.95. The topological polar surface area (TPSA) is 253 Å².